The van der Waals surface area contributed by atoms with Gasteiger partial charge < -0.3 is 15.2 Å². The van der Waals surface area contributed by atoms with Gasteiger partial charge in [-0.25, -0.2) is 15.8 Å². The molecule has 0 atom stereocenters. The van der Waals surface area contributed by atoms with Gasteiger partial charge in [-0.15, -0.1) is 0 Å². The number of nitrogens with two attached hydrogens (primary N) is 1. The molecule has 0 aromatic carbocycles. The highest BCUT2D eigenvalue weighted by molar-refractivity contribution is 5.92. The molecule has 1 aliphatic rings. The van der Waals surface area contributed by atoms with E-state index in [1.54, 1.807) is 0 Å². The lowest BCUT2D eigenvalue weighted by Crippen LogP contribution is -2.35. The quantitative estimate of drug-likeness (QED) is 0.545. The zero-order valence-electron chi connectivity index (χ0n) is 10.5. The summed E-state index contributed by atoms with van der Waals surface area (Å²) in [6.07, 6.45) is 3.89. The van der Waals surface area contributed by atoms with Crippen LogP contribution < -0.4 is 11.3 Å². The monoisotopic (exact) mass is 250 g/mol. The minimum Gasteiger partial charge on any atom is -0.336 e. The van der Waals surface area contributed by atoms with Crippen LogP contribution in [0.15, 0.2) is 12.4 Å². The molecule has 2 rings (SSSR count). The number of carbonyl (C=O) groups excluding carboxylic acids is 1. The second-order valence-electron chi connectivity index (χ2n) is 4.38. The molecule has 98 valence electrons. The Kier molecular flexibility index (Phi) is 4.06. The van der Waals surface area contributed by atoms with Crippen molar-refractivity contribution in [3.05, 3.63) is 18.1 Å². The van der Waals surface area contributed by atoms with E-state index in [-0.39, 0.29) is 5.91 Å². The second-order valence-corrected chi connectivity index (χ2v) is 4.38. The van der Waals surface area contributed by atoms with Crippen molar-refractivity contribution in [3.8, 4) is 0 Å². The standard InChI is InChI=1S/C11H18N6O/c1-16-3-2-4-17(6-5-16)11(18)9-7-14-10(15-12)8-13-9/h7-8H,2-6,12H2,1H3,(H,14,15). The Morgan fingerprint density at radius 1 is 1.28 bits per heavy atom. The predicted octanol–water partition coefficient (Wildman–Crippen LogP) is -0.460. The molecule has 1 fully saturated rings. The van der Waals surface area contributed by atoms with Gasteiger partial charge in [-0.3, -0.25) is 4.79 Å². The van der Waals surface area contributed by atoms with Crippen LogP contribution in [0.25, 0.3) is 0 Å². The summed E-state index contributed by atoms with van der Waals surface area (Å²) in [7, 11) is 2.06. The molecule has 2 heterocycles. The van der Waals surface area contributed by atoms with E-state index in [0.29, 0.717) is 11.5 Å². The van der Waals surface area contributed by atoms with Crippen molar-refractivity contribution in [1.82, 2.24) is 19.8 Å². The molecule has 3 N–H and O–H groups in total. The summed E-state index contributed by atoms with van der Waals surface area (Å²) in [6, 6.07) is 0. The van der Waals surface area contributed by atoms with Crippen LogP contribution in [0, 0.1) is 0 Å². The van der Waals surface area contributed by atoms with Gasteiger partial charge in [0.25, 0.3) is 5.91 Å². The van der Waals surface area contributed by atoms with E-state index >= 15 is 0 Å². The minimum absolute atomic E-state index is 0.0682. The first-order valence-corrected chi connectivity index (χ1v) is 5.97. The molecule has 0 bridgehead atoms. The molecule has 1 saturated heterocycles. The molecule has 1 aliphatic heterocycles. The maximum Gasteiger partial charge on any atom is 0.274 e. The van der Waals surface area contributed by atoms with Gasteiger partial charge in [-0.2, -0.15) is 0 Å². The van der Waals surface area contributed by atoms with Crippen molar-refractivity contribution < 1.29 is 4.79 Å². The number of carbonyl (C=O) groups is 1. The Labute approximate surface area is 106 Å². The van der Waals surface area contributed by atoms with Gasteiger partial charge in [0, 0.05) is 19.6 Å². The summed E-state index contributed by atoms with van der Waals surface area (Å²) in [6.45, 7) is 3.41. The van der Waals surface area contributed by atoms with Crippen LogP contribution in [0.5, 0.6) is 0 Å². The smallest absolute Gasteiger partial charge is 0.274 e. The SMILES string of the molecule is CN1CCCN(C(=O)c2cnc(NN)cn2)CC1. The van der Waals surface area contributed by atoms with Crippen molar-refractivity contribution in [2.75, 3.05) is 38.7 Å². The third-order valence-corrected chi connectivity index (χ3v) is 3.03. The third-order valence-electron chi connectivity index (χ3n) is 3.03. The molecule has 0 spiro atoms. The fourth-order valence-electron chi connectivity index (χ4n) is 1.92. The maximum absolute atomic E-state index is 12.2. The van der Waals surface area contributed by atoms with Crippen LogP contribution in [0.2, 0.25) is 0 Å². The van der Waals surface area contributed by atoms with Gasteiger partial charge in [-0.1, -0.05) is 0 Å². The zero-order valence-corrected chi connectivity index (χ0v) is 10.5. The molecule has 1 aromatic rings. The number of nitrogens with zero attached hydrogens (tertiary/aromatic N) is 4. The molecule has 0 unspecified atom stereocenters. The topological polar surface area (TPSA) is 87.4 Å². The first-order valence-electron chi connectivity index (χ1n) is 5.97. The summed E-state index contributed by atoms with van der Waals surface area (Å²) in [5.74, 6) is 5.58. The van der Waals surface area contributed by atoms with Crippen molar-refractivity contribution in [3.63, 3.8) is 0 Å². The number of nitrogen functional groups attached to an aromatic ring is 1. The average Bonchev–Trinajstić information content (AvgIpc) is 2.63. The van der Waals surface area contributed by atoms with E-state index in [9.17, 15) is 4.79 Å². The van der Waals surface area contributed by atoms with Gasteiger partial charge in [0.15, 0.2) is 5.82 Å². The zero-order chi connectivity index (χ0) is 13.0. The Morgan fingerprint density at radius 2 is 2.11 bits per heavy atom. The van der Waals surface area contributed by atoms with E-state index in [1.165, 1.54) is 12.4 Å². The van der Waals surface area contributed by atoms with E-state index < -0.39 is 0 Å². The molecule has 0 radical (unpaired) electrons. The number of hydrazine groups is 1. The lowest BCUT2D eigenvalue weighted by Gasteiger charge is -2.19. The van der Waals surface area contributed by atoms with Crippen molar-refractivity contribution >= 4 is 11.7 Å². The highest BCUT2D eigenvalue weighted by Gasteiger charge is 2.19. The molecular weight excluding hydrogens is 232 g/mol. The highest BCUT2D eigenvalue weighted by atomic mass is 16.2. The summed E-state index contributed by atoms with van der Waals surface area (Å²) >= 11 is 0. The summed E-state index contributed by atoms with van der Waals surface area (Å²) in [5.41, 5.74) is 2.74. The van der Waals surface area contributed by atoms with E-state index in [2.05, 4.69) is 27.3 Å². The van der Waals surface area contributed by atoms with Gasteiger partial charge in [-0.05, 0) is 20.0 Å². The van der Waals surface area contributed by atoms with Crippen molar-refractivity contribution in [1.29, 1.82) is 0 Å². The first kappa shape index (κ1) is 12.7. The molecule has 1 amide bonds. The highest BCUT2D eigenvalue weighted by Crippen LogP contribution is 2.07. The Morgan fingerprint density at radius 3 is 2.78 bits per heavy atom. The van der Waals surface area contributed by atoms with Gasteiger partial charge in [0.05, 0.1) is 12.4 Å². The fraction of sp³-hybridized carbons (Fsp3) is 0.545. The molecule has 7 heteroatoms. The van der Waals surface area contributed by atoms with Gasteiger partial charge in [0.2, 0.25) is 0 Å². The average molecular weight is 250 g/mol. The number of aromatic nitrogens is 2. The minimum atomic E-state index is -0.0682. The van der Waals surface area contributed by atoms with Gasteiger partial charge >= 0.3 is 0 Å². The fourth-order valence-corrected chi connectivity index (χ4v) is 1.92. The van der Waals surface area contributed by atoms with E-state index in [4.69, 9.17) is 5.84 Å². The van der Waals surface area contributed by atoms with Crippen LogP contribution in [0.1, 0.15) is 16.9 Å². The number of amides is 1. The number of likely N-dealkylation sites (N-methyl/N-ethyl adjacent to an activating group) is 1. The summed E-state index contributed by atoms with van der Waals surface area (Å²) < 4.78 is 0. The van der Waals surface area contributed by atoms with Crippen LogP contribution in [-0.2, 0) is 0 Å². The van der Waals surface area contributed by atoms with Crippen molar-refractivity contribution in [2.45, 2.75) is 6.42 Å². The molecule has 18 heavy (non-hydrogen) atoms. The number of rotatable bonds is 2. The van der Waals surface area contributed by atoms with E-state index in [1.807, 2.05) is 4.90 Å². The maximum atomic E-state index is 12.2. The summed E-state index contributed by atoms with van der Waals surface area (Å²) in [5, 5.41) is 0. The Hall–Kier alpha value is -1.73. The number of anilines is 1. The van der Waals surface area contributed by atoms with Crippen LogP contribution >= 0.6 is 0 Å². The lowest BCUT2D eigenvalue weighted by molar-refractivity contribution is 0.0756. The molecule has 1 aromatic heterocycles. The molecule has 0 saturated carbocycles. The number of hydrogen-bond acceptors (Lipinski definition) is 6. The Balaban J connectivity index is 2.05. The Bertz CT molecular complexity index is 406. The second kappa shape index (κ2) is 5.74. The molecular formula is C11H18N6O. The molecule has 0 aliphatic carbocycles. The number of hydrogen-bond donors (Lipinski definition) is 2. The van der Waals surface area contributed by atoms with Gasteiger partial charge in [0.1, 0.15) is 5.69 Å². The van der Waals surface area contributed by atoms with Crippen LogP contribution in [0.4, 0.5) is 5.82 Å². The van der Waals surface area contributed by atoms with E-state index in [0.717, 1.165) is 32.6 Å². The number of nitrogens with one attached hydrogen (secondary N) is 1. The molecule has 7 nitrogen and oxygen atoms in total. The van der Waals surface area contributed by atoms with Crippen molar-refractivity contribution in [2.24, 2.45) is 5.84 Å². The normalized spacial score (nSPS) is 17.3. The first-order chi connectivity index (χ1) is 8.70. The predicted molar refractivity (Wildman–Crippen MR) is 67.9 cm³/mol. The largest absolute Gasteiger partial charge is 0.336 e. The lowest BCUT2D eigenvalue weighted by atomic mass is 10.3. The third kappa shape index (κ3) is 2.93. The summed E-state index contributed by atoms with van der Waals surface area (Å²) in [4.78, 5) is 24.3. The van der Waals surface area contributed by atoms with Crippen LogP contribution in [0.3, 0.4) is 0 Å². The van der Waals surface area contributed by atoms with Crippen LogP contribution in [-0.4, -0.2) is 58.9 Å².